The van der Waals surface area contributed by atoms with Crippen LogP contribution in [0, 0.1) is 0 Å². The molecule has 19 heavy (non-hydrogen) atoms. The van der Waals surface area contributed by atoms with Gasteiger partial charge in [0.05, 0.1) is 0 Å². The number of rotatable bonds is 7. The second-order valence-electron chi connectivity index (χ2n) is 5.17. The molecule has 102 valence electrons. The van der Waals surface area contributed by atoms with E-state index in [0.717, 1.165) is 56.3 Å². The Kier molecular flexibility index (Phi) is 5.20. The van der Waals surface area contributed by atoms with Crippen molar-refractivity contribution < 1.29 is 4.79 Å². The van der Waals surface area contributed by atoms with E-state index in [-0.39, 0.29) is 0 Å². The number of nitrogens with one attached hydrogen (secondary N) is 1. The van der Waals surface area contributed by atoms with Gasteiger partial charge in [-0.05, 0) is 43.7 Å². The summed E-state index contributed by atoms with van der Waals surface area (Å²) in [6, 6.07) is 6.05. The normalized spacial score (nSPS) is 13.5. The van der Waals surface area contributed by atoms with Gasteiger partial charge in [0.25, 0.3) is 0 Å². The van der Waals surface area contributed by atoms with Crippen LogP contribution in [0.2, 0.25) is 0 Å². The van der Waals surface area contributed by atoms with Crippen molar-refractivity contribution in [3.05, 3.63) is 42.0 Å². The molecule has 0 fully saturated rings. The SMILES string of the molecule is C=CCCCCCC(=O)c1cccc2c1CCCN2. The van der Waals surface area contributed by atoms with Gasteiger partial charge in [0, 0.05) is 24.2 Å². The third kappa shape index (κ3) is 3.69. The summed E-state index contributed by atoms with van der Waals surface area (Å²) in [6.45, 7) is 4.74. The second-order valence-corrected chi connectivity index (χ2v) is 5.17. The molecule has 0 atom stereocenters. The van der Waals surface area contributed by atoms with Gasteiger partial charge in [0.15, 0.2) is 5.78 Å². The third-order valence-corrected chi connectivity index (χ3v) is 3.71. The number of hydrogen-bond donors (Lipinski definition) is 1. The zero-order valence-electron chi connectivity index (χ0n) is 11.6. The highest BCUT2D eigenvalue weighted by molar-refractivity contribution is 5.98. The van der Waals surface area contributed by atoms with E-state index in [9.17, 15) is 4.79 Å². The Hall–Kier alpha value is -1.57. The molecule has 0 aromatic heterocycles. The Bertz CT molecular complexity index is 451. The van der Waals surface area contributed by atoms with Crippen LogP contribution in [0.25, 0.3) is 0 Å². The summed E-state index contributed by atoms with van der Waals surface area (Å²) in [5, 5.41) is 3.38. The van der Waals surface area contributed by atoms with Crippen LogP contribution in [0.3, 0.4) is 0 Å². The summed E-state index contributed by atoms with van der Waals surface area (Å²) >= 11 is 0. The Morgan fingerprint density at radius 2 is 2.21 bits per heavy atom. The predicted octanol–water partition coefficient (Wildman–Crippen LogP) is 4.36. The van der Waals surface area contributed by atoms with E-state index < -0.39 is 0 Å². The monoisotopic (exact) mass is 257 g/mol. The van der Waals surface area contributed by atoms with E-state index in [1.54, 1.807) is 0 Å². The lowest BCUT2D eigenvalue weighted by Crippen LogP contribution is -2.15. The van der Waals surface area contributed by atoms with Gasteiger partial charge in [-0.3, -0.25) is 4.79 Å². The highest BCUT2D eigenvalue weighted by Gasteiger charge is 2.16. The van der Waals surface area contributed by atoms with Crippen LogP contribution in [0.4, 0.5) is 5.69 Å². The van der Waals surface area contributed by atoms with Crippen LogP contribution < -0.4 is 5.32 Å². The molecule has 2 heteroatoms. The first-order valence-corrected chi connectivity index (χ1v) is 7.33. The molecule has 0 radical (unpaired) electrons. The molecule has 1 aromatic rings. The molecule has 0 unspecified atom stereocenters. The number of carbonyl (C=O) groups is 1. The van der Waals surface area contributed by atoms with Crippen molar-refractivity contribution in [1.29, 1.82) is 0 Å². The van der Waals surface area contributed by atoms with Gasteiger partial charge in [-0.2, -0.15) is 0 Å². The largest absolute Gasteiger partial charge is 0.385 e. The standard InChI is InChI=1S/C17H23NO/c1-2-3-4-5-6-12-17(19)15-9-7-11-16-14(15)10-8-13-18-16/h2,7,9,11,18H,1,3-6,8,10,12-13H2. The van der Waals surface area contributed by atoms with Crippen molar-refractivity contribution >= 4 is 11.5 Å². The predicted molar refractivity (Wildman–Crippen MR) is 80.9 cm³/mol. The third-order valence-electron chi connectivity index (χ3n) is 3.71. The van der Waals surface area contributed by atoms with Crippen LogP contribution in [-0.2, 0) is 6.42 Å². The van der Waals surface area contributed by atoms with Gasteiger partial charge in [0.1, 0.15) is 0 Å². The lowest BCUT2D eigenvalue weighted by molar-refractivity contribution is 0.0978. The highest BCUT2D eigenvalue weighted by atomic mass is 16.1. The summed E-state index contributed by atoms with van der Waals surface area (Å²) < 4.78 is 0. The molecule has 1 aliphatic rings. The van der Waals surface area contributed by atoms with Gasteiger partial charge in [0.2, 0.25) is 0 Å². The first-order chi connectivity index (χ1) is 9.33. The minimum absolute atomic E-state index is 0.305. The highest BCUT2D eigenvalue weighted by Crippen LogP contribution is 2.26. The first kappa shape index (κ1) is 13.9. The van der Waals surface area contributed by atoms with Crippen molar-refractivity contribution in [2.45, 2.75) is 44.9 Å². The molecule has 0 saturated heterocycles. The van der Waals surface area contributed by atoms with Gasteiger partial charge >= 0.3 is 0 Å². The first-order valence-electron chi connectivity index (χ1n) is 7.33. The number of Topliss-reactive ketones (excluding diaryl/α,β-unsaturated/α-hetero) is 1. The fourth-order valence-corrected chi connectivity index (χ4v) is 2.66. The lowest BCUT2D eigenvalue weighted by Gasteiger charge is -2.20. The number of fused-ring (bicyclic) bond motifs is 1. The summed E-state index contributed by atoms with van der Waals surface area (Å²) in [7, 11) is 0. The van der Waals surface area contributed by atoms with Crippen molar-refractivity contribution in [2.24, 2.45) is 0 Å². The molecular formula is C17H23NO. The van der Waals surface area contributed by atoms with Gasteiger partial charge < -0.3 is 5.32 Å². The van der Waals surface area contributed by atoms with Crippen molar-refractivity contribution in [3.63, 3.8) is 0 Å². The Labute approximate surface area is 115 Å². The van der Waals surface area contributed by atoms with E-state index in [1.807, 2.05) is 18.2 Å². The molecule has 1 N–H and O–H groups in total. The molecule has 1 aromatic carbocycles. The number of allylic oxidation sites excluding steroid dienone is 1. The van der Waals surface area contributed by atoms with Crippen molar-refractivity contribution in [3.8, 4) is 0 Å². The van der Waals surface area contributed by atoms with E-state index in [1.165, 1.54) is 5.56 Å². The van der Waals surface area contributed by atoms with Gasteiger partial charge in [-0.1, -0.05) is 24.6 Å². The molecule has 1 heterocycles. The van der Waals surface area contributed by atoms with Gasteiger partial charge in [-0.15, -0.1) is 6.58 Å². The van der Waals surface area contributed by atoms with E-state index in [2.05, 4.69) is 18.0 Å². The molecule has 1 aliphatic heterocycles. The van der Waals surface area contributed by atoms with Crippen LogP contribution in [0.1, 0.15) is 54.4 Å². The Morgan fingerprint density at radius 1 is 1.32 bits per heavy atom. The number of carbonyl (C=O) groups excluding carboxylic acids is 1. The van der Waals surface area contributed by atoms with Crippen LogP contribution in [0.5, 0.6) is 0 Å². The summed E-state index contributed by atoms with van der Waals surface area (Å²) in [6.07, 6.45) is 9.07. The summed E-state index contributed by atoms with van der Waals surface area (Å²) in [5.74, 6) is 0.305. The number of benzene rings is 1. The topological polar surface area (TPSA) is 29.1 Å². The fraction of sp³-hybridized carbons (Fsp3) is 0.471. The maximum atomic E-state index is 12.3. The molecule has 2 nitrogen and oxygen atoms in total. The fourth-order valence-electron chi connectivity index (χ4n) is 2.66. The quantitative estimate of drug-likeness (QED) is 0.446. The van der Waals surface area contributed by atoms with E-state index in [0.29, 0.717) is 12.2 Å². The average molecular weight is 257 g/mol. The molecule has 0 aliphatic carbocycles. The average Bonchev–Trinajstić information content (AvgIpc) is 2.46. The maximum absolute atomic E-state index is 12.3. The van der Waals surface area contributed by atoms with Crippen LogP contribution in [0.15, 0.2) is 30.9 Å². The molecular weight excluding hydrogens is 234 g/mol. The minimum atomic E-state index is 0.305. The summed E-state index contributed by atoms with van der Waals surface area (Å²) in [5.41, 5.74) is 3.32. The van der Waals surface area contributed by atoms with Crippen LogP contribution in [-0.4, -0.2) is 12.3 Å². The number of ketones is 1. The maximum Gasteiger partial charge on any atom is 0.163 e. The van der Waals surface area contributed by atoms with Crippen LogP contribution >= 0.6 is 0 Å². The Balaban J connectivity index is 1.93. The molecule has 2 rings (SSSR count). The summed E-state index contributed by atoms with van der Waals surface area (Å²) in [4.78, 5) is 12.3. The minimum Gasteiger partial charge on any atom is -0.385 e. The number of unbranched alkanes of at least 4 members (excludes halogenated alkanes) is 3. The molecule has 0 amide bonds. The van der Waals surface area contributed by atoms with E-state index in [4.69, 9.17) is 0 Å². The molecule has 0 bridgehead atoms. The zero-order valence-corrected chi connectivity index (χ0v) is 11.6. The Morgan fingerprint density at radius 3 is 3.05 bits per heavy atom. The second kappa shape index (κ2) is 7.13. The molecule has 0 saturated carbocycles. The zero-order chi connectivity index (χ0) is 13.5. The lowest BCUT2D eigenvalue weighted by atomic mass is 9.93. The number of hydrogen-bond acceptors (Lipinski definition) is 2. The smallest absolute Gasteiger partial charge is 0.163 e. The van der Waals surface area contributed by atoms with Crippen molar-refractivity contribution in [1.82, 2.24) is 0 Å². The van der Waals surface area contributed by atoms with Crippen molar-refractivity contribution in [2.75, 3.05) is 11.9 Å². The van der Waals surface area contributed by atoms with Gasteiger partial charge in [-0.25, -0.2) is 0 Å². The number of anilines is 1. The molecule has 0 spiro atoms. The van der Waals surface area contributed by atoms with E-state index >= 15 is 0 Å².